The first-order chi connectivity index (χ1) is 13.0. The molecule has 0 aromatic heterocycles. The van der Waals surface area contributed by atoms with E-state index in [0.717, 1.165) is 30.4 Å². The summed E-state index contributed by atoms with van der Waals surface area (Å²) in [6, 6.07) is 14.9. The maximum atomic E-state index is 5.75. The number of aliphatic imine (C=N–C) groups is 1. The van der Waals surface area contributed by atoms with Crippen LogP contribution in [-0.2, 0) is 19.6 Å². The Morgan fingerprint density at radius 1 is 1.04 bits per heavy atom. The highest BCUT2D eigenvalue weighted by Crippen LogP contribution is 2.20. The molecule has 2 aromatic rings. The van der Waals surface area contributed by atoms with Gasteiger partial charge in [-0.25, -0.2) is 0 Å². The van der Waals surface area contributed by atoms with Gasteiger partial charge in [0.15, 0.2) is 5.96 Å². The van der Waals surface area contributed by atoms with Crippen LogP contribution in [0, 0.1) is 6.92 Å². The third kappa shape index (κ3) is 8.06. The normalized spacial score (nSPS) is 11.1. The zero-order chi connectivity index (χ0) is 19.6. The van der Waals surface area contributed by atoms with Gasteiger partial charge in [0.1, 0.15) is 5.75 Å². The molecule has 154 valence electrons. The Morgan fingerprint density at radius 2 is 1.75 bits per heavy atom. The molecule has 5 nitrogen and oxygen atoms in total. The maximum Gasteiger partial charge on any atom is 0.191 e. The molecule has 0 unspecified atom stereocenters. The van der Waals surface area contributed by atoms with Gasteiger partial charge in [-0.1, -0.05) is 36.4 Å². The number of nitrogens with one attached hydrogen (secondary N) is 2. The van der Waals surface area contributed by atoms with Gasteiger partial charge in [-0.2, -0.15) is 0 Å². The fraction of sp³-hybridized carbons (Fsp3) is 0.409. The molecule has 28 heavy (non-hydrogen) atoms. The quantitative estimate of drug-likeness (QED) is 0.330. The van der Waals surface area contributed by atoms with E-state index in [1.54, 1.807) is 7.05 Å². The number of rotatable bonds is 8. The maximum absolute atomic E-state index is 5.75. The van der Waals surface area contributed by atoms with E-state index < -0.39 is 0 Å². The highest BCUT2D eigenvalue weighted by atomic mass is 127. The van der Waals surface area contributed by atoms with E-state index in [4.69, 9.17) is 4.74 Å². The van der Waals surface area contributed by atoms with Gasteiger partial charge in [-0.15, -0.1) is 24.0 Å². The number of aryl methyl sites for hydroxylation is 1. The average molecular weight is 496 g/mol. The first-order valence-electron chi connectivity index (χ1n) is 9.41. The van der Waals surface area contributed by atoms with Crippen molar-refractivity contribution in [2.24, 2.45) is 4.99 Å². The third-order valence-corrected chi connectivity index (χ3v) is 4.14. The highest BCUT2D eigenvalue weighted by Gasteiger charge is 2.06. The second kappa shape index (κ2) is 12.6. The fourth-order valence-electron chi connectivity index (χ4n) is 2.89. The van der Waals surface area contributed by atoms with Crippen LogP contribution in [0.5, 0.6) is 5.75 Å². The van der Waals surface area contributed by atoms with E-state index in [2.05, 4.69) is 84.0 Å². The van der Waals surface area contributed by atoms with Crippen molar-refractivity contribution in [2.75, 3.05) is 27.7 Å². The minimum Gasteiger partial charge on any atom is -0.494 e. The Kier molecular flexibility index (Phi) is 10.9. The smallest absolute Gasteiger partial charge is 0.191 e. The second-order valence-corrected chi connectivity index (χ2v) is 6.88. The van der Waals surface area contributed by atoms with E-state index in [9.17, 15) is 0 Å². The molecule has 0 fully saturated rings. The lowest BCUT2D eigenvalue weighted by atomic mass is 10.1. The summed E-state index contributed by atoms with van der Waals surface area (Å²) in [6.45, 7) is 7.07. The van der Waals surface area contributed by atoms with Crippen molar-refractivity contribution in [3.05, 3.63) is 64.7 Å². The minimum atomic E-state index is 0. The van der Waals surface area contributed by atoms with Crippen LogP contribution in [0.4, 0.5) is 0 Å². The number of benzene rings is 2. The summed E-state index contributed by atoms with van der Waals surface area (Å²) in [5.41, 5.74) is 4.87. The first-order valence-corrected chi connectivity index (χ1v) is 9.41. The van der Waals surface area contributed by atoms with E-state index in [1.165, 1.54) is 16.7 Å². The van der Waals surface area contributed by atoms with Crippen molar-refractivity contribution in [3.8, 4) is 5.75 Å². The van der Waals surface area contributed by atoms with Gasteiger partial charge in [0, 0.05) is 32.2 Å². The van der Waals surface area contributed by atoms with E-state index >= 15 is 0 Å². The standard InChI is InChI=1S/C22H32N4O.HI/c1-6-27-21-12-17(2)10-11-20(21)15-25-22(23-3)24-14-18-8-7-9-19(13-18)16-26(4)5;/h7-13H,6,14-16H2,1-5H3,(H2,23,24,25);1H. The number of halogens is 1. The molecule has 0 aliphatic carbocycles. The molecular formula is C22H33IN4O. The van der Waals surface area contributed by atoms with E-state index in [0.29, 0.717) is 13.2 Å². The molecule has 0 atom stereocenters. The van der Waals surface area contributed by atoms with Crippen LogP contribution in [0.15, 0.2) is 47.5 Å². The van der Waals surface area contributed by atoms with Crippen molar-refractivity contribution >= 4 is 29.9 Å². The lowest BCUT2D eigenvalue weighted by molar-refractivity contribution is 0.336. The first kappa shape index (κ1) is 24.2. The predicted molar refractivity (Wildman–Crippen MR) is 129 cm³/mol. The molecule has 0 saturated heterocycles. The summed E-state index contributed by atoms with van der Waals surface area (Å²) < 4.78 is 5.75. The molecular weight excluding hydrogens is 463 g/mol. The molecule has 2 rings (SSSR count). The molecule has 0 aliphatic heterocycles. The van der Waals surface area contributed by atoms with Gasteiger partial charge in [0.2, 0.25) is 0 Å². The highest BCUT2D eigenvalue weighted by molar-refractivity contribution is 14.0. The molecule has 0 amide bonds. The molecule has 0 heterocycles. The number of guanidine groups is 1. The van der Waals surface area contributed by atoms with Crippen molar-refractivity contribution in [3.63, 3.8) is 0 Å². The topological polar surface area (TPSA) is 48.9 Å². The van der Waals surface area contributed by atoms with Crippen LogP contribution in [0.25, 0.3) is 0 Å². The molecule has 0 bridgehead atoms. The molecule has 2 N–H and O–H groups in total. The van der Waals surface area contributed by atoms with Crippen LogP contribution in [-0.4, -0.2) is 38.6 Å². The van der Waals surface area contributed by atoms with Gasteiger partial charge in [-0.3, -0.25) is 4.99 Å². The van der Waals surface area contributed by atoms with Crippen LogP contribution < -0.4 is 15.4 Å². The summed E-state index contributed by atoms with van der Waals surface area (Å²) in [7, 11) is 5.95. The van der Waals surface area contributed by atoms with Crippen molar-refractivity contribution < 1.29 is 4.74 Å². The third-order valence-electron chi connectivity index (χ3n) is 4.14. The van der Waals surface area contributed by atoms with E-state index in [1.807, 2.05) is 6.92 Å². The summed E-state index contributed by atoms with van der Waals surface area (Å²) in [6.07, 6.45) is 0. The second-order valence-electron chi connectivity index (χ2n) is 6.88. The van der Waals surface area contributed by atoms with Gasteiger partial charge >= 0.3 is 0 Å². The Balaban J connectivity index is 0.00000392. The van der Waals surface area contributed by atoms with Gasteiger partial charge in [0.05, 0.1) is 6.61 Å². The summed E-state index contributed by atoms with van der Waals surface area (Å²) in [4.78, 5) is 6.50. The predicted octanol–water partition coefficient (Wildman–Crippen LogP) is 3.94. The van der Waals surface area contributed by atoms with Gasteiger partial charge < -0.3 is 20.3 Å². The number of hydrogen-bond acceptors (Lipinski definition) is 3. The van der Waals surface area contributed by atoms with Crippen molar-refractivity contribution in [2.45, 2.75) is 33.5 Å². The zero-order valence-corrected chi connectivity index (χ0v) is 19.9. The van der Waals surface area contributed by atoms with Gasteiger partial charge in [0.25, 0.3) is 0 Å². The fourth-order valence-corrected chi connectivity index (χ4v) is 2.89. The van der Waals surface area contributed by atoms with Crippen LogP contribution in [0.2, 0.25) is 0 Å². The summed E-state index contributed by atoms with van der Waals surface area (Å²) >= 11 is 0. The van der Waals surface area contributed by atoms with Crippen LogP contribution in [0.3, 0.4) is 0 Å². The molecule has 0 radical (unpaired) electrons. The zero-order valence-electron chi connectivity index (χ0n) is 17.6. The summed E-state index contributed by atoms with van der Waals surface area (Å²) in [5.74, 6) is 1.70. The molecule has 6 heteroatoms. The van der Waals surface area contributed by atoms with Crippen molar-refractivity contribution in [1.29, 1.82) is 0 Å². The van der Waals surface area contributed by atoms with Crippen molar-refractivity contribution in [1.82, 2.24) is 15.5 Å². The molecule has 2 aromatic carbocycles. The Labute approximate surface area is 186 Å². The number of nitrogens with zero attached hydrogens (tertiary/aromatic N) is 2. The lowest BCUT2D eigenvalue weighted by Crippen LogP contribution is -2.36. The Morgan fingerprint density at radius 3 is 2.43 bits per heavy atom. The molecule has 0 aliphatic rings. The number of hydrogen-bond donors (Lipinski definition) is 2. The SMILES string of the molecule is CCOc1cc(C)ccc1CNC(=NC)NCc1cccc(CN(C)C)c1.I. The molecule has 0 saturated carbocycles. The lowest BCUT2D eigenvalue weighted by Gasteiger charge is -2.15. The minimum absolute atomic E-state index is 0. The Hall–Kier alpha value is -1.80. The molecule has 0 spiro atoms. The van der Waals surface area contributed by atoms with Gasteiger partial charge in [-0.05, 0) is 50.7 Å². The van der Waals surface area contributed by atoms with Crippen LogP contribution in [0.1, 0.15) is 29.2 Å². The largest absolute Gasteiger partial charge is 0.494 e. The Bertz CT molecular complexity index is 762. The van der Waals surface area contributed by atoms with Crippen LogP contribution >= 0.6 is 24.0 Å². The summed E-state index contributed by atoms with van der Waals surface area (Å²) in [5, 5.41) is 6.76. The van der Waals surface area contributed by atoms with E-state index in [-0.39, 0.29) is 24.0 Å². The monoisotopic (exact) mass is 496 g/mol. The average Bonchev–Trinajstić information content (AvgIpc) is 2.63. The number of ether oxygens (including phenoxy) is 1.